The summed E-state index contributed by atoms with van der Waals surface area (Å²) in [6, 6.07) is 0. The highest BCUT2D eigenvalue weighted by atomic mass is 32.2. The molecule has 0 radical (unpaired) electrons. The average Bonchev–Trinajstić information content (AvgIpc) is 2.43. The van der Waals surface area contributed by atoms with Crippen LogP contribution in [0.5, 0.6) is 0 Å². The first-order valence-electron chi connectivity index (χ1n) is 5.95. The molecule has 1 aromatic rings. The molecule has 0 aliphatic heterocycles. The summed E-state index contributed by atoms with van der Waals surface area (Å²) in [5, 5.41) is 3.05. The lowest BCUT2D eigenvalue weighted by Crippen LogP contribution is -2.23. The van der Waals surface area contributed by atoms with Crippen LogP contribution in [0.2, 0.25) is 0 Å². The van der Waals surface area contributed by atoms with Gasteiger partial charge in [-0.2, -0.15) is 0 Å². The fourth-order valence-electron chi connectivity index (χ4n) is 2.23. The van der Waals surface area contributed by atoms with E-state index in [1.165, 1.54) is 10.9 Å². The Morgan fingerprint density at radius 1 is 1.24 bits per heavy atom. The highest BCUT2D eigenvalue weighted by molar-refractivity contribution is 7.90. The Kier molecular flexibility index (Phi) is 3.42. The third-order valence-corrected chi connectivity index (χ3v) is 4.10. The van der Waals surface area contributed by atoms with Crippen molar-refractivity contribution < 1.29 is 8.42 Å². The highest BCUT2D eigenvalue weighted by Gasteiger charge is 2.16. The van der Waals surface area contributed by atoms with E-state index in [0.29, 0.717) is 0 Å². The van der Waals surface area contributed by atoms with Crippen LogP contribution >= 0.6 is 0 Å². The topological polar surface area (TPSA) is 71.9 Å². The summed E-state index contributed by atoms with van der Waals surface area (Å²) in [5.74, 6) is 0.00625. The molecule has 5 nitrogen and oxygen atoms in total. The van der Waals surface area contributed by atoms with Crippen molar-refractivity contribution in [1.82, 2.24) is 9.78 Å². The molecule has 96 valence electrons. The molecule has 0 atom stereocenters. The van der Waals surface area contributed by atoms with Crippen LogP contribution in [-0.4, -0.2) is 30.2 Å². The molecule has 1 aliphatic carbocycles. The molecule has 0 fully saturated rings. The second-order valence-corrected chi connectivity index (χ2v) is 6.98. The molecule has 0 unspecified atom stereocenters. The Hall–Kier alpha value is -1.04. The quantitative estimate of drug-likeness (QED) is 0.802. The molecule has 1 N–H and O–H groups in total. The zero-order valence-corrected chi connectivity index (χ0v) is 10.8. The van der Waals surface area contributed by atoms with Crippen molar-refractivity contribution >= 4 is 9.84 Å². The second kappa shape index (κ2) is 4.68. The first-order valence-corrected chi connectivity index (χ1v) is 8.02. The Bertz CT molecular complexity index is 554. The predicted octanol–water partition coefficient (Wildman–Crippen LogP) is 0.490. The molecule has 17 heavy (non-hydrogen) atoms. The minimum atomic E-state index is -3.03. The lowest BCUT2D eigenvalue weighted by atomic mass is 10.1. The highest BCUT2D eigenvalue weighted by Crippen LogP contribution is 2.15. The van der Waals surface area contributed by atoms with Gasteiger partial charge in [-0.3, -0.25) is 14.6 Å². The van der Waals surface area contributed by atoms with Crippen LogP contribution in [0.3, 0.4) is 0 Å². The number of rotatable bonds is 3. The molecule has 1 heterocycles. The molecular formula is C11H18N2O3S. The van der Waals surface area contributed by atoms with Gasteiger partial charge in [0.25, 0.3) is 5.56 Å². The Balaban J connectivity index is 2.23. The number of hydrogen-bond acceptors (Lipinski definition) is 3. The maximum Gasteiger partial charge on any atom is 0.269 e. The van der Waals surface area contributed by atoms with Gasteiger partial charge < -0.3 is 0 Å². The van der Waals surface area contributed by atoms with E-state index in [0.717, 1.165) is 43.4 Å². The van der Waals surface area contributed by atoms with Crippen LogP contribution < -0.4 is 5.56 Å². The van der Waals surface area contributed by atoms with Crippen LogP contribution in [0.25, 0.3) is 0 Å². The zero-order chi connectivity index (χ0) is 12.5. The number of nitrogens with zero attached hydrogens (tertiary/aromatic N) is 1. The normalized spacial score (nSPS) is 16.5. The first kappa shape index (κ1) is 12.4. The van der Waals surface area contributed by atoms with Crippen molar-refractivity contribution in [3.05, 3.63) is 21.6 Å². The van der Waals surface area contributed by atoms with Crippen LogP contribution in [0.4, 0.5) is 0 Å². The smallest absolute Gasteiger partial charge is 0.269 e. The molecule has 1 aliphatic rings. The van der Waals surface area contributed by atoms with E-state index in [4.69, 9.17) is 0 Å². The number of aromatic amines is 1. The van der Waals surface area contributed by atoms with Crippen molar-refractivity contribution in [2.24, 2.45) is 0 Å². The monoisotopic (exact) mass is 258 g/mol. The lowest BCUT2D eigenvalue weighted by molar-refractivity contribution is 0.576. The molecule has 0 aromatic carbocycles. The predicted molar refractivity (Wildman–Crippen MR) is 66.0 cm³/mol. The number of H-pyrrole nitrogens is 1. The van der Waals surface area contributed by atoms with Crippen LogP contribution in [0, 0.1) is 0 Å². The molecule has 0 saturated heterocycles. The molecule has 2 rings (SSSR count). The summed E-state index contributed by atoms with van der Waals surface area (Å²) in [7, 11) is -3.03. The maximum absolute atomic E-state index is 12.0. The summed E-state index contributed by atoms with van der Waals surface area (Å²) in [5.41, 5.74) is 1.82. The number of fused-ring (bicyclic) bond motifs is 1. The van der Waals surface area contributed by atoms with Gasteiger partial charge in [-0.05, 0) is 25.7 Å². The summed E-state index contributed by atoms with van der Waals surface area (Å²) in [4.78, 5) is 12.0. The summed E-state index contributed by atoms with van der Waals surface area (Å²) < 4.78 is 23.6. The number of aromatic nitrogens is 2. The third kappa shape index (κ3) is 3.00. The fraction of sp³-hybridized carbons (Fsp3) is 0.727. The van der Waals surface area contributed by atoms with E-state index >= 15 is 0 Å². The van der Waals surface area contributed by atoms with Crippen molar-refractivity contribution in [1.29, 1.82) is 0 Å². The number of hydrogen-bond donors (Lipinski definition) is 1. The summed E-state index contributed by atoms with van der Waals surface area (Å²) in [6.45, 7) is 0.227. The second-order valence-electron chi connectivity index (χ2n) is 4.72. The minimum Gasteiger partial charge on any atom is -0.299 e. The van der Waals surface area contributed by atoms with Crippen LogP contribution in [-0.2, 0) is 29.2 Å². The SMILES string of the molecule is CS(=O)(=O)CCn1[nH]c2c(c1=O)CCCCC2. The van der Waals surface area contributed by atoms with Gasteiger partial charge in [-0.25, -0.2) is 8.42 Å². The van der Waals surface area contributed by atoms with Gasteiger partial charge in [0.1, 0.15) is 9.84 Å². The third-order valence-electron chi connectivity index (χ3n) is 3.18. The van der Waals surface area contributed by atoms with Crippen LogP contribution in [0.15, 0.2) is 4.79 Å². The number of nitrogens with one attached hydrogen (secondary N) is 1. The maximum atomic E-state index is 12.0. The van der Waals surface area contributed by atoms with Crippen molar-refractivity contribution in [2.45, 2.75) is 38.6 Å². The fourth-order valence-corrected chi connectivity index (χ4v) is 2.75. The Labute approximate surface area is 101 Å². The van der Waals surface area contributed by atoms with Gasteiger partial charge in [-0.15, -0.1) is 0 Å². The summed E-state index contributed by atoms with van der Waals surface area (Å²) >= 11 is 0. The summed E-state index contributed by atoms with van der Waals surface area (Å²) in [6.07, 6.45) is 6.20. The van der Waals surface area contributed by atoms with E-state index in [2.05, 4.69) is 5.10 Å². The first-order chi connectivity index (χ1) is 7.97. The van der Waals surface area contributed by atoms with Gasteiger partial charge >= 0.3 is 0 Å². The van der Waals surface area contributed by atoms with Gasteiger partial charge in [0.05, 0.1) is 12.3 Å². The van der Waals surface area contributed by atoms with E-state index in [1.807, 2.05) is 0 Å². The Morgan fingerprint density at radius 2 is 1.94 bits per heavy atom. The Morgan fingerprint density at radius 3 is 2.65 bits per heavy atom. The molecule has 1 aromatic heterocycles. The van der Waals surface area contributed by atoms with Gasteiger partial charge in [0, 0.05) is 17.5 Å². The van der Waals surface area contributed by atoms with Crippen molar-refractivity contribution in [3.8, 4) is 0 Å². The van der Waals surface area contributed by atoms with Gasteiger partial charge in [-0.1, -0.05) is 6.42 Å². The van der Waals surface area contributed by atoms with E-state index < -0.39 is 9.84 Å². The number of aryl methyl sites for hydroxylation is 2. The zero-order valence-electron chi connectivity index (χ0n) is 10.0. The molecule has 6 heteroatoms. The average molecular weight is 258 g/mol. The largest absolute Gasteiger partial charge is 0.299 e. The molecule has 0 amide bonds. The van der Waals surface area contributed by atoms with Crippen molar-refractivity contribution in [2.75, 3.05) is 12.0 Å². The van der Waals surface area contributed by atoms with E-state index in [-0.39, 0.29) is 17.9 Å². The van der Waals surface area contributed by atoms with Gasteiger partial charge in [0.2, 0.25) is 0 Å². The van der Waals surface area contributed by atoms with Crippen molar-refractivity contribution in [3.63, 3.8) is 0 Å². The van der Waals surface area contributed by atoms with Crippen LogP contribution in [0.1, 0.15) is 30.5 Å². The molecule has 0 saturated carbocycles. The lowest BCUT2D eigenvalue weighted by Gasteiger charge is -2.00. The molecular weight excluding hydrogens is 240 g/mol. The van der Waals surface area contributed by atoms with E-state index in [9.17, 15) is 13.2 Å². The molecule has 0 spiro atoms. The molecule has 0 bridgehead atoms. The minimum absolute atomic E-state index is 0.00625. The van der Waals surface area contributed by atoms with E-state index in [1.54, 1.807) is 0 Å². The standard InChI is InChI=1S/C11H18N2O3S/c1-17(15,16)8-7-13-11(14)9-5-3-2-4-6-10(9)12-13/h12H,2-8H2,1H3. The number of sulfone groups is 1. The van der Waals surface area contributed by atoms with Gasteiger partial charge in [0.15, 0.2) is 0 Å².